The van der Waals surface area contributed by atoms with Gasteiger partial charge in [0.1, 0.15) is 0 Å². The summed E-state index contributed by atoms with van der Waals surface area (Å²) in [7, 11) is 0. The lowest BCUT2D eigenvalue weighted by Gasteiger charge is -2.08. The van der Waals surface area contributed by atoms with E-state index in [1.807, 2.05) is 12.1 Å². The van der Waals surface area contributed by atoms with Crippen molar-refractivity contribution in [1.82, 2.24) is 5.32 Å². The third-order valence-electron chi connectivity index (χ3n) is 1.96. The van der Waals surface area contributed by atoms with Gasteiger partial charge >= 0.3 is 0 Å². The SMILES string of the molecule is CC(C)NCCc1ccc(Cl)cc1Cl. The lowest BCUT2D eigenvalue weighted by Crippen LogP contribution is -2.24. The summed E-state index contributed by atoms with van der Waals surface area (Å²) in [6, 6.07) is 6.15. The van der Waals surface area contributed by atoms with E-state index in [0.29, 0.717) is 11.1 Å². The highest BCUT2D eigenvalue weighted by molar-refractivity contribution is 6.35. The highest BCUT2D eigenvalue weighted by Crippen LogP contribution is 2.20. The molecule has 0 unspecified atom stereocenters. The summed E-state index contributed by atoms with van der Waals surface area (Å²) in [5, 5.41) is 4.79. The Morgan fingerprint density at radius 3 is 2.57 bits per heavy atom. The third-order valence-corrected chi connectivity index (χ3v) is 2.55. The fourth-order valence-corrected chi connectivity index (χ4v) is 1.72. The monoisotopic (exact) mass is 231 g/mol. The van der Waals surface area contributed by atoms with Crippen LogP contribution in [0, 0.1) is 0 Å². The van der Waals surface area contributed by atoms with E-state index in [9.17, 15) is 0 Å². The summed E-state index contributed by atoms with van der Waals surface area (Å²) in [4.78, 5) is 0. The molecular weight excluding hydrogens is 217 g/mol. The predicted octanol–water partition coefficient (Wildman–Crippen LogP) is 3.53. The van der Waals surface area contributed by atoms with Gasteiger partial charge in [0.2, 0.25) is 0 Å². The van der Waals surface area contributed by atoms with Crippen molar-refractivity contribution in [1.29, 1.82) is 0 Å². The minimum atomic E-state index is 0.515. The first kappa shape index (κ1) is 11.8. The van der Waals surface area contributed by atoms with Gasteiger partial charge in [0.05, 0.1) is 0 Å². The number of hydrogen-bond donors (Lipinski definition) is 1. The zero-order valence-corrected chi connectivity index (χ0v) is 9.99. The van der Waals surface area contributed by atoms with Gasteiger partial charge in [-0.05, 0) is 30.7 Å². The summed E-state index contributed by atoms with van der Waals surface area (Å²) < 4.78 is 0. The molecule has 0 heterocycles. The van der Waals surface area contributed by atoms with Gasteiger partial charge in [-0.1, -0.05) is 43.1 Å². The molecule has 3 heteroatoms. The molecule has 0 fully saturated rings. The van der Waals surface area contributed by atoms with Gasteiger partial charge in [0.15, 0.2) is 0 Å². The molecule has 0 aromatic heterocycles. The fraction of sp³-hybridized carbons (Fsp3) is 0.455. The lowest BCUT2D eigenvalue weighted by molar-refractivity contribution is 0.590. The second kappa shape index (κ2) is 5.59. The van der Waals surface area contributed by atoms with Crippen LogP contribution in [0.5, 0.6) is 0 Å². The van der Waals surface area contributed by atoms with E-state index in [1.54, 1.807) is 6.07 Å². The van der Waals surface area contributed by atoms with E-state index in [0.717, 1.165) is 23.6 Å². The Bertz CT molecular complexity index is 297. The molecule has 0 aliphatic carbocycles. The third kappa shape index (κ3) is 3.87. The predicted molar refractivity (Wildman–Crippen MR) is 63.3 cm³/mol. The van der Waals surface area contributed by atoms with Gasteiger partial charge in [0, 0.05) is 16.1 Å². The smallest absolute Gasteiger partial charge is 0.0453 e. The zero-order chi connectivity index (χ0) is 10.6. The molecule has 14 heavy (non-hydrogen) atoms. The molecule has 0 spiro atoms. The molecule has 0 aliphatic rings. The number of nitrogens with one attached hydrogen (secondary N) is 1. The van der Waals surface area contributed by atoms with Gasteiger partial charge in [-0.2, -0.15) is 0 Å². The standard InChI is InChI=1S/C11H15Cl2N/c1-8(2)14-6-5-9-3-4-10(12)7-11(9)13/h3-4,7-8,14H,5-6H2,1-2H3. The van der Waals surface area contributed by atoms with E-state index >= 15 is 0 Å². The van der Waals surface area contributed by atoms with Gasteiger partial charge in [0.25, 0.3) is 0 Å². The second-order valence-electron chi connectivity index (χ2n) is 3.59. The first-order chi connectivity index (χ1) is 6.59. The molecular formula is C11H15Cl2N. The van der Waals surface area contributed by atoms with Crippen LogP contribution in [0.15, 0.2) is 18.2 Å². The van der Waals surface area contributed by atoms with Crippen molar-refractivity contribution in [2.24, 2.45) is 0 Å². The van der Waals surface area contributed by atoms with Crippen molar-refractivity contribution >= 4 is 23.2 Å². The van der Waals surface area contributed by atoms with Crippen molar-refractivity contribution in [3.8, 4) is 0 Å². The van der Waals surface area contributed by atoms with Crippen LogP contribution in [0.1, 0.15) is 19.4 Å². The zero-order valence-electron chi connectivity index (χ0n) is 8.48. The van der Waals surface area contributed by atoms with Crippen molar-refractivity contribution in [3.63, 3.8) is 0 Å². The first-order valence-electron chi connectivity index (χ1n) is 4.77. The highest BCUT2D eigenvalue weighted by Gasteiger charge is 2.01. The Kier molecular flexibility index (Phi) is 4.73. The molecule has 0 bridgehead atoms. The topological polar surface area (TPSA) is 12.0 Å². The minimum Gasteiger partial charge on any atom is -0.314 e. The van der Waals surface area contributed by atoms with Crippen LogP contribution in [0.25, 0.3) is 0 Å². The van der Waals surface area contributed by atoms with Crippen LogP contribution in [0.2, 0.25) is 10.0 Å². The summed E-state index contributed by atoms with van der Waals surface area (Å²) in [6.45, 7) is 5.20. The molecule has 1 N–H and O–H groups in total. The Morgan fingerprint density at radius 1 is 1.29 bits per heavy atom. The average Bonchev–Trinajstić information content (AvgIpc) is 2.08. The van der Waals surface area contributed by atoms with E-state index in [2.05, 4.69) is 19.2 Å². The summed E-state index contributed by atoms with van der Waals surface area (Å²) >= 11 is 11.8. The highest BCUT2D eigenvalue weighted by atomic mass is 35.5. The quantitative estimate of drug-likeness (QED) is 0.837. The maximum atomic E-state index is 6.03. The van der Waals surface area contributed by atoms with Crippen LogP contribution in [-0.4, -0.2) is 12.6 Å². The van der Waals surface area contributed by atoms with Gasteiger partial charge < -0.3 is 5.32 Å². The minimum absolute atomic E-state index is 0.515. The van der Waals surface area contributed by atoms with E-state index < -0.39 is 0 Å². The maximum Gasteiger partial charge on any atom is 0.0453 e. The molecule has 1 nitrogen and oxygen atoms in total. The molecule has 78 valence electrons. The van der Waals surface area contributed by atoms with Crippen molar-refractivity contribution in [2.75, 3.05) is 6.54 Å². The summed E-state index contributed by atoms with van der Waals surface area (Å²) in [5.41, 5.74) is 1.14. The van der Waals surface area contributed by atoms with E-state index in [1.165, 1.54) is 0 Å². The average molecular weight is 232 g/mol. The Morgan fingerprint density at radius 2 is 2.00 bits per heavy atom. The van der Waals surface area contributed by atoms with Crippen LogP contribution in [0.3, 0.4) is 0 Å². The summed E-state index contributed by atoms with van der Waals surface area (Å²) in [6.07, 6.45) is 0.939. The molecule has 0 amide bonds. The largest absolute Gasteiger partial charge is 0.314 e. The molecule has 1 aromatic rings. The number of rotatable bonds is 4. The van der Waals surface area contributed by atoms with Crippen LogP contribution in [0.4, 0.5) is 0 Å². The van der Waals surface area contributed by atoms with Crippen molar-refractivity contribution in [2.45, 2.75) is 26.3 Å². The van der Waals surface area contributed by atoms with Crippen LogP contribution < -0.4 is 5.32 Å². The number of halogens is 2. The molecule has 1 aromatic carbocycles. The fourth-order valence-electron chi connectivity index (χ4n) is 1.22. The second-order valence-corrected chi connectivity index (χ2v) is 4.44. The Labute approximate surface area is 95.4 Å². The molecule has 0 aliphatic heterocycles. The maximum absolute atomic E-state index is 6.03. The van der Waals surface area contributed by atoms with Crippen molar-refractivity contribution in [3.05, 3.63) is 33.8 Å². The Hall–Kier alpha value is -0.240. The van der Waals surface area contributed by atoms with Gasteiger partial charge in [-0.15, -0.1) is 0 Å². The normalized spacial score (nSPS) is 10.9. The van der Waals surface area contributed by atoms with Gasteiger partial charge in [-0.3, -0.25) is 0 Å². The summed E-state index contributed by atoms with van der Waals surface area (Å²) in [5.74, 6) is 0. The van der Waals surface area contributed by atoms with Crippen LogP contribution in [-0.2, 0) is 6.42 Å². The van der Waals surface area contributed by atoms with Crippen molar-refractivity contribution < 1.29 is 0 Å². The number of hydrogen-bond acceptors (Lipinski definition) is 1. The molecule has 0 saturated carbocycles. The Balaban J connectivity index is 2.51. The van der Waals surface area contributed by atoms with E-state index in [-0.39, 0.29) is 0 Å². The number of benzene rings is 1. The van der Waals surface area contributed by atoms with E-state index in [4.69, 9.17) is 23.2 Å². The molecule has 0 saturated heterocycles. The molecule has 0 radical (unpaired) electrons. The molecule has 0 atom stereocenters. The van der Waals surface area contributed by atoms with Crippen LogP contribution >= 0.6 is 23.2 Å². The molecule has 1 rings (SSSR count). The lowest BCUT2D eigenvalue weighted by atomic mass is 10.1. The first-order valence-corrected chi connectivity index (χ1v) is 5.52. The van der Waals surface area contributed by atoms with Gasteiger partial charge in [-0.25, -0.2) is 0 Å².